The minimum atomic E-state index is -0.369. The monoisotopic (exact) mass is 382 g/mol. The van der Waals surface area contributed by atoms with Gasteiger partial charge in [0.1, 0.15) is 12.0 Å². The summed E-state index contributed by atoms with van der Waals surface area (Å²) >= 11 is 0. The molecular weight excluding hydrogens is 359 g/mol. The van der Waals surface area contributed by atoms with Gasteiger partial charge in [-0.05, 0) is 44.2 Å². The quantitative estimate of drug-likeness (QED) is 0.685. The molecule has 1 saturated carbocycles. The molecule has 0 radical (unpaired) electrons. The van der Waals surface area contributed by atoms with Crippen LogP contribution in [0.3, 0.4) is 0 Å². The number of nitrogens with zero attached hydrogens (tertiary/aromatic N) is 4. The van der Waals surface area contributed by atoms with Crippen molar-refractivity contribution in [2.24, 2.45) is 5.92 Å². The van der Waals surface area contributed by atoms with Crippen LogP contribution in [0, 0.1) is 18.7 Å². The number of carbonyl (C=O) groups excluding carboxylic acids is 1. The molecule has 0 bridgehead atoms. The van der Waals surface area contributed by atoms with Crippen molar-refractivity contribution in [2.45, 2.75) is 39.2 Å². The number of nitrogens with one attached hydrogen (secondary N) is 2. The number of aromatic nitrogens is 4. The summed E-state index contributed by atoms with van der Waals surface area (Å²) in [6.07, 6.45) is 7.41. The molecule has 1 aliphatic rings. The van der Waals surface area contributed by atoms with Crippen molar-refractivity contribution in [2.75, 3.05) is 11.9 Å². The highest BCUT2D eigenvalue weighted by Crippen LogP contribution is 2.30. The molecule has 0 aliphatic heterocycles. The van der Waals surface area contributed by atoms with E-state index >= 15 is 0 Å². The van der Waals surface area contributed by atoms with Crippen molar-refractivity contribution in [3.8, 4) is 0 Å². The molecule has 0 saturated heterocycles. The predicted molar refractivity (Wildman–Crippen MR) is 104 cm³/mol. The van der Waals surface area contributed by atoms with Gasteiger partial charge in [-0.2, -0.15) is 0 Å². The molecule has 4 rings (SSSR count). The summed E-state index contributed by atoms with van der Waals surface area (Å²) in [4.78, 5) is 24.7. The van der Waals surface area contributed by atoms with Gasteiger partial charge in [0.05, 0.1) is 11.4 Å². The zero-order valence-electron chi connectivity index (χ0n) is 15.9. The lowest BCUT2D eigenvalue weighted by molar-refractivity contribution is 0.0937. The van der Waals surface area contributed by atoms with Crippen molar-refractivity contribution in [1.82, 2.24) is 24.7 Å². The number of imidazole rings is 1. The van der Waals surface area contributed by atoms with Gasteiger partial charge in [0, 0.05) is 30.5 Å². The van der Waals surface area contributed by atoms with Gasteiger partial charge in [-0.3, -0.25) is 4.79 Å². The van der Waals surface area contributed by atoms with Crippen molar-refractivity contribution in [3.05, 3.63) is 53.6 Å². The molecule has 2 N–H and O–H groups in total. The highest BCUT2D eigenvalue weighted by molar-refractivity contribution is 5.95. The number of hydrogen-bond acceptors (Lipinski definition) is 5. The van der Waals surface area contributed by atoms with Gasteiger partial charge in [0.25, 0.3) is 5.91 Å². The Morgan fingerprint density at radius 2 is 2.18 bits per heavy atom. The number of aryl methyl sites for hydroxylation is 2. The Balaban J connectivity index is 1.27. The minimum Gasteiger partial charge on any atom is -0.365 e. The summed E-state index contributed by atoms with van der Waals surface area (Å²) in [6.45, 7) is 4.38. The van der Waals surface area contributed by atoms with E-state index in [1.165, 1.54) is 6.33 Å². The number of fused-ring (bicyclic) bond motifs is 1. The number of anilines is 1. The van der Waals surface area contributed by atoms with Crippen LogP contribution in [0.2, 0.25) is 0 Å². The first-order valence-electron chi connectivity index (χ1n) is 9.53. The Hall–Kier alpha value is -3.03. The average Bonchev–Trinajstić information content (AvgIpc) is 3.03. The summed E-state index contributed by atoms with van der Waals surface area (Å²) in [5, 5.41) is 6.13. The lowest BCUT2D eigenvalue weighted by Crippen LogP contribution is -2.42. The fraction of sp³-hybridized carbons (Fsp3) is 0.400. The molecule has 1 amide bonds. The molecular formula is C20H23FN6O. The van der Waals surface area contributed by atoms with Crippen molar-refractivity contribution in [1.29, 1.82) is 0 Å². The molecule has 1 fully saturated rings. The van der Waals surface area contributed by atoms with Crippen LogP contribution in [0.4, 0.5) is 10.2 Å². The fourth-order valence-electron chi connectivity index (χ4n) is 3.56. The normalized spacial score (nSPS) is 18.7. The third-order valence-electron chi connectivity index (χ3n) is 5.17. The second-order valence-corrected chi connectivity index (χ2v) is 7.29. The van der Waals surface area contributed by atoms with Crippen molar-refractivity contribution < 1.29 is 9.18 Å². The van der Waals surface area contributed by atoms with Crippen LogP contribution in [0.5, 0.6) is 0 Å². The molecule has 0 spiro atoms. The molecule has 3 aromatic rings. The maximum Gasteiger partial charge on any atom is 0.251 e. The van der Waals surface area contributed by atoms with Crippen molar-refractivity contribution in [3.63, 3.8) is 0 Å². The summed E-state index contributed by atoms with van der Waals surface area (Å²) in [5.74, 6) is 0.164. The van der Waals surface area contributed by atoms with Crippen LogP contribution in [0.25, 0.3) is 5.65 Å². The molecule has 0 unspecified atom stereocenters. The van der Waals surface area contributed by atoms with E-state index in [0.29, 0.717) is 30.1 Å². The number of pyridine rings is 1. The van der Waals surface area contributed by atoms with Gasteiger partial charge >= 0.3 is 0 Å². The Labute approximate surface area is 162 Å². The first kappa shape index (κ1) is 18.3. The summed E-state index contributed by atoms with van der Waals surface area (Å²) in [6, 6.07) is 3.74. The van der Waals surface area contributed by atoms with E-state index in [4.69, 9.17) is 0 Å². The van der Waals surface area contributed by atoms with E-state index in [-0.39, 0.29) is 23.6 Å². The first-order chi connectivity index (χ1) is 13.5. The maximum absolute atomic E-state index is 14.2. The van der Waals surface area contributed by atoms with Gasteiger partial charge in [-0.25, -0.2) is 19.3 Å². The maximum atomic E-state index is 14.2. The van der Waals surface area contributed by atoms with Crippen LogP contribution in [0.1, 0.15) is 41.5 Å². The van der Waals surface area contributed by atoms with Crippen LogP contribution < -0.4 is 10.6 Å². The van der Waals surface area contributed by atoms with Gasteiger partial charge in [0.15, 0.2) is 11.6 Å². The topological polar surface area (TPSA) is 84.2 Å². The second-order valence-electron chi connectivity index (χ2n) is 7.29. The number of halogens is 1. The van der Waals surface area contributed by atoms with Gasteiger partial charge < -0.3 is 15.0 Å². The molecule has 0 atom stereocenters. The number of carbonyl (C=O) groups is 1. The molecule has 3 heterocycles. The van der Waals surface area contributed by atoms with Gasteiger partial charge in [-0.1, -0.05) is 6.92 Å². The Kier molecular flexibility index (Phi) is 4.93. The molecule has 3 aromatic heterocycles. The lowest BCUT2D eigenvalue weighted by Gasteiger charge is -2.36. The van der Waals surface area contributed by atoms with E-state index in [2.05, 4.69) is 25.6 Å². The third kappa shape index (κ3) is 3.67. The van der Waals surface area contributed by atoms with E-state index in [1.54, 1.807) is 12.1 Å². The SMILES string of the molecule is CCc1ncnc(NC2CC(CNC(=O)c3ccn4cc(C)nc4c3)C2)c1F. The molecule has 8 heteroatoms. The molecule has 146 valence electrons. The van der Waals surface area contributed by atoms with Crippen LogP contribution in [0.15, 0.2) is 30.9 Å². The Morgan fingerprint density at radius 3 is 2.96 bits per heavy atom. The molecule has 1 aliphatic carbocycles. The number of amides is 1. The Morgan fingerprint density at radius 1 is 1.36 bits per heavy atom. The fourth-order valence-corrected chi connectivity index (χ4v) is 3.56. The van der Waals surface area contributed by atoms with Crippen LogP contribution >= 0.6 is 0 Å². The summed E-state index contributed by atoms with van der Waals surface area (Å²) < 4.78 is 16.1. The molecule has 28 heavy (non-hydrogen) atoms. The summed E-state index contributed by atoms with van der Waals surface area (Å²) in [7, 11) is 0. The smallest absolute Gasteiger partial charge is 0.251 e. The van der Waals surface area contributed by atoms with Crippen molar-refractivity contribution >= 4 is 17.4 Å². The van der Waals surface area contributed by atoms with Gasteiger partial charge in [0.2, 0.25) is 0 Å². The first-order valence-corrected chi connectivity index (χ1v) is 9.53. The predicted octanol–water partition coefficient (Wildman–Crippen LogP) is 2.75. The van der Waals surface area contributed by atoms with Gasteiger partial charge in [-0.15, -0.1) is 0 Å². The molecule has 7 nitrogen and oxygen atoms in total. The van der Waals surface area contributed by atoms with E-state index in [1.807, 2.05) is 30.6 Å². The second kappa shape index (κ2) is 7.53. The van der Waals surface area contributed by atoms with E-state index in [9.17, 15) is 9.18 Å². The largest absolute Gasteiger partial charge is 0.365 e. The third-order valence-corrected chi connectivity index (χ3v) is 5.17. The highest BCUT2D eigenvalue weighted by atomic mass is 19.1. The zero-order chi connectivity index (χ0) is 19.7. The summed E-state index contributed by atoms with van der Waals surface area (Å²) in [5.41, 5.74) is 2.70. The van der Waals surface area contributed by atoms with Crippen LogP contribution in [-0.2, 0) is 6.42 Å². The van der Waals surface area contributed by atoms with E-state index < -0.39 is 0 Å². The zero-order valence-corrected chi connectivity index (χ0v) is 15.9. The Bertz CT molecular complexity index is 1010. The lowest BCUT2D eigenvalue weighted by atomic mass is 9.80. The molecule has 0 aromatic carbocycles. The van der Waals surface area contributed by atoms with E-state index in [0.717, 1.165) is 24.2 Å². The average molecular weight is 382 g/mol. The minimum absolute atomic E-state index is 0.103. The van der Waals surface area contributed by atoms with Crippen LogP contribution in [-0.4, -0.2) is 37.8 Å². The number of hydrogen-bond donors (Lipinski definition) is 2. The number of rotatable bonds is 6. The highest BCUT2D eigenvalue weighted by Gasteiger charge is 2.30. The standard InChI is InChI=1S/C20H23FN6O/c1-3-16-18(21)19(24-11-23-16)26-15-6-13(7-15)9-22-20(28)14-4-5-27-10-12(2)25-17(27)8-14/h4-5,8,10-11,13,15H,3,6-7,9H2,1-2H3,(H,22,28)(H,23,24,26).